The topological polar surface area (TPSA) is 49.3 Å². The molecule has 0 rings (SSSR count). The van der Waals surface area contributed by atoms with Gasteiger partial charge in [0.25, 0.3) is 0 Å². The summed E-state index contributed by atoms with van der Waals surface area (Å²) in [5.74, 6) is -0.0886. The normalized spacial score (nSPS) is 14.0. The molecular formula is C10H19NO2. The first-order valence-electron chi connectivity index (χ1n) is 4.71. The Morgan fingerprint density at radius 3 is 2.69 bits per heavy atom. The Hall–Kier alpha value is -0.830. The van der Waals surface area contributed by atoms with Gasteiger partial charge in [-0.15, -0.1) is 0 Å². The van der Waals surface area contributed by atoms with E-state index in [2.05, 4.69) is 12.2 Å². The molecule has 0 aliphatic heterocycles. The van der Waals surface area contributed by atoms with E-state index in [0.717, 1.165) is 18.4 Å². The van der Waals surface area contributed by atoms with Gasteiger partial charge in [-0.25, -0.2) is 0 Å². The quantitative estimate of drug-likeness (QED) is 0.633. The minimum absolute atomic E-state index is 0.0886. The van der Waals surface area contributed by atoms with Crippen LogP contribution in [-0.2, 0) is 4.79 Å². The molecule has 0 aromatic carbocycles. The van der Waals surface area contributed by atoms with Crippen LogP contribution in [0.3, 0.4) is 0 Å². The van der Waals surface area contributed by atoms with Crippen molar-refractivity contribution in [1.29, 1.82) is 0 Å². The zero-order valence-electron chi connectivity index (χ0n) is 8.63. The fourth-order valence-corrected chi connectivity index (χ4v) is 0.833. The van der Waals surface area contributed by atoms with Gasteiger partial charge in [-0.05, 0) is 20.3 Å². The van der Waals surface area contributed by atoms with Crippen LogP contribution in [0.2, 0.25) is 0 Å². The summed E-state index contributed by atoms with van der Waals surface area (Å²) in [5.41, 5.74) is 0.725. The monoisotopic (exact) mass is 185 g/mol. The predicted octanol–water partition coefficient (Wildman–Crippen LogP) is 1.23. The third-order valence-electron chi connectivity index (χ3n) is 1.66. The van der Waals surface area contributed by atoms with Gasteiger partial charge in [0.05, 0.1) is 6.10 Å². The summed E-state index contributed by atoms with van der Waals surface area (Å²) in [5, 5.41) is 11.6. The average molecular weight is 185 g/mol. The van der Waals surface area contributed by atoms with Gasteiger partial charge in [0.2, 0.25) is 5.91 Å². The minimum Gasteiger partial charge on any atom is -0.392 e. The van der Waals surface area contributed by atoms with Crippen molar-refractivity contribution in [3.05, 3.63) is 11.6 Å². The van der Waals surface area contributed by atoms with Crippen molar-refractivity contribution >= 4 is 5.91 Å². The van der Waals surface area contributed by atoms with E-state index in [1.165, 1.54) is 0 Å². The first kappa shape index (κ1) is 12.2. The van der Waals surface area contributed by atoms with E-state index in [1.807, 2.05) is 6.08 Å². The van der Waals surface area contributed by atoms with E-state index in [9.17, 15) is 4.79 Å². The maximum absolute atomic E-state index is 11.3. The Morgan fingerprint density at radius 2 is 2.23 bits per heavy atom. The van der Waals surface area contributed by atoms with Crippen LogP contribution in [0.25, 0.3) is 0 Å². The third-order valence-corrected chi connectivity index (χ3v) is 1.66. The molecule has 1 atom stereocenters. The lowest BCUT2D eigenvalue weighted by molar-refractivity contribution is -0.117. The summed E-state index contributed by atoms with van der Waals surface area (Å²) in [4.78, 5) is 11.3. The molecule has 0 bridgehead atoms. The summed E-state index contributed by atoms with van der Waals surface area (Å²) in [6.07, 6.45) is 3.40. The van der Waals surface area contributed by atoms with Gasteiger partial charge in [-0.1, -0.05) is 19.4 Å². The van der Waals surface area contributed by atoms with Crippen LogP contribution in [-0.4, -0.2) is 23.7 Å². The van der Waals surface area contributed by atoms with Crippen LogP contribution >= 0.6 is 0 Å². The maximum Gasteiger partial charge on any atom is 0.246 e. The van der Waals surface area contributed by atoms with Gasteiger partial charge in [-0.2, -0.15) is 0 Å². The zero-order chi connectivity index (χ0) is 10.3. The van der Waals surface area contributed by atoms with E-state index in [0.29, 0.717) is 6.54 Å². The Balaban J connectivity index is 3.82. The highest BCUT2D eigenvalue weighted by molar-refractivity contribution is 5.92. The largest absolute Gasteiger partial charge is 0.392 e. The minimum atomic E-state index is -0.483. The standard InChI is InChI=1S/C10H19NO2/c1-4-5-6-8(2)10(13)11-7-9(3)12/h6,9,12H,4-5,7H2,1-3H3,(H,11,13)/b8-6+. The summed E-state index contributed by atoms with van der Waals surface area (Å²) in [6, 6.07) is 0. The number of amides is 1. The smallest absolute Gasteiger partial charge is 0.246 e. The number of nitrogens with one attached hydrogen (secondary N) is 1. The van der Waals surface area contributed by atoms with Crippen LogP contribution in [0.1, 0.15) is 33.6 Å². The summed E-state index contributed by atoms with van der Waals surface area (Å²) >= 11 is 0. The molecule has 0 aromatic heterocycles. The summed E-state index contributed by atoms with van der Waals surface area (Å²) in [7, 11) is 0. The zero-order valence-corrected chi connectivity index (χ0v) is 8.63. The molecule has 1 unspecified atom stereocenters. The molecule has 2 N–H and O–H groups in total. The molecule has 3 nitrogen and oxygen atoms in total. The van der Waals surface area contributed by atoms with E-state index in [1.54, 1.807) is 13.8 Å². The number of aliphatic hydroxyl groups is 1. The van der Waals surface area contributed by atoms with Gasteiger partial charge in [0.15, 0.2) is 0 Å². The fraction of sp³-hybridized carbons (Fsp3) is 0.700. The summed E-state index contributed by atoms with van der Waals surface area (Å²) < 4.78 is 0. The van der Waals surface area contributed by atoms with Crippen molar-refractivity contribution in [3.63, 3.8) is 0 Å². The molecule has 13 heavy (non-hydrogen) atoms. The van der Waals surface area contributed by atoms with Gasteiger partial charge >= 0.3 is 0 Å². The second-order valence-corrected chi connectivity index (χ2v) is 3.23. The Bertz CT molecular complexity index is 185. The molecule has 0 fully saturated rings. The Kier molecular flexibility index (Phi) is 6.24. The molecule has 0 radical (unpaired) electrons. The molecule has 0 heterocycles. The Labute approximate surface area is 79.8 Å². The van der Waals surface area contributed by atoms with Crippen molar-refractivity contribution in [1.82, 2.24) is 5.32 Å². The van der Waals surface area contributed by atoms with Crippen LogP contribution in [0.15, 0.2) is 11.6 Å². The van der Waals surface area contributed by atoms with Crippen molar-refractivity contribution in [2.75, 3.05) is 6.54 Å². The van der Waals surface area contributed by atoms with E-state index < -0.39 is 6.10 Å². The summed E-state index contributed by atoms with van der Waals surface area (Å²) in [6.45, 7) is 5.81. The second kappa shape index (κ2) is 6.66. The lowest BCUT2D eigenvalue weighted by Crippen LogP contribution is -2.30. The number of rotatable bonds is 5. The van der Waals surface area contributed by atoms with Gasteiger partial charge in [0, 0.05) is 12.1 Å². The van der Waals surface area contributed by atoms with Crippen LogP contribution < -0.4 is 5.32 Å². The fourth-order valence-electron chi connectivity index (χ4n) is 0.833. The number of carbonyl (C=O) groups excluding carboxylic acids is 1. The molecule has 0 spiro atoms. The first-order valence-corrected chi connectivity index (χ1v) is 4.71. The molecule has 0 aliphatic carbocycles. The third kappa shape index (κ3) is 6.34. The SMILES string of the molecule is CCC/C=C(\C)C(=O)NCC(C)O. The molecule has 0 saturated heterocycles. The Morgan fingerprint density at radius 1 is 1.62 bits per heavy atom. The van der Waals surface area contributed by atoms with Crippen LogP contribution in [0, 0.1) is 0 Å². The number of unbranched alkanes of at least 4 members (excludes halogenated alkanes) is 1. The lowest BCUT2D eigenvalue weighted by Gasteiger charge is -2.06. The number of hydrogen-bond donors (Lipinski definition) is 2. The molecular weight excluding hydrogens is 166 g/mol. The number of aliphatic hydroxyl groups excluding tert-OH is 1. The van der Waals surface area contributed by atoms with E-state index in [-0.39, 0.29) is 5.91 Å². The van der Waals surface area contributed by atoms with Crippen molar-refractivity contribution in [2.45, 2.75) is 39.7 Å². The van der Waals surface area contributed by atoms with Gasteiger partial charge < -0.3 is 10.4 Å². The van der Waals surface area contributed by atoms with Crippen LogP contribution in [0.5, 0.6) is 0 Å². The lowest BCUT2D eigenvalue weighted by atomic mass is 10.2. The predicted molar refractivity (Wildman–Crippen MR) is 53.4 cm³/mol. The molecule has 3 heteroatoms. The van der Waals surface area contributed by atoms with E-state index >= 15 is 0 Å². The number of allylic oxidation sites excluding steroid dienone is 1. The molecule has 76 valence electrons. The first-order chi connectivity index (χ1) is 6.07. The van der Waals surface area contributed by atoms with Crippen molar-refractivity contribution < 1.29 is 9.90 Å². The van der Waals surface area contributed by atoms with Crippen molar-refractivity contribution in [2.24, 2.45) is 0 Å². The maximum atomic E-state index is 11.3. The van der Waals surface area contributed by atoms with Gasteiger partial charge in [0.1, 0.15) is 0 Å². The van der Waals surface area contributed by atoms with Gasteiger partial charge in [-0.3, -0.25) is 4.79 Å². The highest BCUT2D eigenvalue weighted by atomic mass is 16.3. The highest BCUT2D eigenvalue weighted by Gasteiger charge is 2.03. The number of carbonyl (C=O) groups is 1. The molecule has 0 aromatic rings. The average Bonchev–Trinajstić information content (AvgIpc) is 2.10. The van der Waals surface area contributed by atoms with Crippen molar-refractivity contribution in [3.8, 4) is 0 Å². The molecule has 1 amide bonds. The molecule has 0 saturated carbocycles. The molecule has 0 aliphatic rings. The van der Waals surface area contributed by atoms with E-state index in [4.69, 9.17) is 5.11 Å². The second-order valence-electron chi connectivity index (χ2n) is 3.23. The number of hydrogen-bond acceptors (Lipinski definition) is 2. The highest BCUT2D eigenvalue weighted by Crippen LogP contribution is 1.97. The van der Waals surface area contributed by atoms with Crippen LogP contribution in [0.4, 0.5) is 0 Å².